The standard InChI is InChI=1S/C28H29N3O6.K/c1-4-29-25(32)17-36-24-12-18(2)26(19(3)13-24)22-7-5-6-21(14-22)16-35-23-10-8-20(9-11-23)15-31-27(33)30-28(34)37-31;/h5-14H,4,15-17H2,1-3H3,(H2,29,30,32,33,34);/q;+1/p-1. The molecule has 0 aliphatic rings. The van der Waals surface area contributed by atoms with Crippen molar-refractivity contribution in [2.24, 2.45) is 0 Å². The Morgan fingerprint density at radius 1 is 0.947 bits per heavy atom. The number of benzene rings is 3. The SMILES string of the molecule is CCNC(=O)COc1cc(C)c(-c2cccc(COc3ccc(Cn4oc(=O)[n-]c4=O)cc3)c2)c(C)c1.[K+]. The van der Waals surface area contributed by atoms with E-state index in [1.807, 2.05) is 45.0 Å². The first-order valence-electron chi connectivity index (χ1n) is 11.9. The number of hydrogen-bond acceptors (Lipinski definition) is 6. The molecule has 0 bridgehead atoms. The van der Waals surface area contributed by atoms with Crippen molar-refractivity contribution in [1.82, 2.24) is 15.0 Å². The van der Waals surface area contributed by atoms with Crippen LogP contribution < -0.4 is 82.6 Å². The van der Waals surface area contributed by atoms with E-state index in [9.17, 15) is 14.4 Å². The summed E-state index contributed by atoms with van der Waals surface area (Å²) in [5, 5.41) is 2.72. The van der Waals surface area contributed by atoms with Crippen LogP contribution in [0, 0.1) is 13.8 Å². The van der Waals surface area contributed by atoms with Gasteiger partial charge in [0.15, 0.2) is 12.3 Å². The van der Waals surface area contributed by atoms with Crippen molar-refractivity contribution in [1.29, 1.82) is 0 Å². The summed E-state index contributed by atoms with van der Waals surface area (Å²) < 4.78 is 17.3. The van der Waals surface area contributed by atoms with Crippen LogP contribution in [-0.4, -0.2) is 23.8 Å². The number of hydrogen-bond donors (Lipinski definition) is 1. The van der Waals surface area contributed by atoms with Crippen molar-refractivity contribution in [3.05, 3.63) is 104 Å². The van der Waals surface area contributed by atoms with Gasteiger partial charge in [-0.2, -0.15) is 0 Å². The molecule has 0 aliphatic heterocycles. The molecule has 9 nitrogen and oxygen atoms in total. The van der Waals surface area contributed by atoms with Crippen LogP contribution in [0.1, 0.15) is 29.2 Å². The van der Waals surface area contributed by atoms with Gasteiger partial charge in [0.25, 0.3) is 5.91 Å². The fraction of sp³-hybridized carbons (Fsp3) is 0.250. The Morgan fingerprint density at radius 3 is 2.29 bits per heavy atom. The van der Waals surface area contributed by atoms with E-state index in [4.69, 9.17) is 14.0 Å². The second kappa shape index (κ2) is 13.8. The molecule has 38 heavy (non-hydrogen) atoms. The zero-order chi connectivity index (χ0) is 26.4. The molecule has 1 heterocycles. The molecule has 0 radical (unpaired) electrons. The minimum atomic E-state index is -0.904. The van der Waals surface area contributed by atoms with E-state index in [0.29, 0.717) is 24.7 Å². The van der Waals surface area contributed by atoms with E-state index >= 15 is 0 Å². The largest absolute Gasteiger partial charge is 1.00 e. The fourth-order valence-corrected chi connectivity index (χ4v) is 4.09. The molecule has 0 aliphatic carbocycles. The molecule has 4 rings (SSSR count). The maximum atomic E-state index is 11.7. The van der Waals surface area contributed by atoms with Gasteiger partial charge in [-0.15, -0.1) is 0 Å². The number of aryl methyl sites for hydroxylation is 2. The molecule has 0 saturated carbocycles. The second-order valence-electron chi connectivity index (χ2n) is 8.60. The summed E-state index contributed by atoms with van der Waals surface area (Å²) >= 11 is 0. The van der Waals surface area contributed by atoms with Crippen LogP contribution in [0.15, 0.2) is 74.8 Å². The summed E-state index contributed by atoms with van der Waals surface area (Å²) in [5.74, 6) is 0.282. The van der Waals surface area contributed by atoms with Gasteiger partial charge in [0, 0.05) is 13.1 Å². The van der Waals surface area contributed by atoms with Crippen molar-refractivity contribution in [3.63, 3.8) is 0 Å². The number of ether oxygens (including phenoxy) is 2. The van der Waals surface area contributed by atoms with Crippen LogP contribution in [0.25, 0.3) is 11.1 Å². The molecule has 1 amide bonds. The maximum absolute atomic E-state index is 11.7. The molecule has 0 saturated heterocycles. The van der Waals surface area contributed by atoms with Gasteiger partial charge in [0.2, 0.25) is 0 Å². The van der Waals surface area contributed by atoms with Gasteiger partial charge in [-0.3, -0.25) is 14.3 Å². The van der Waals surface area contributed by atoms with Crippen molar-refractivity contribution in [2.45, 2.75) is 33.9 Å². The number of aromatic nitrogens is 2. The predicted octanol–water partition coefficient (Wildman–Crippen LogP) is 0.189. The topological polar surface area (TPSA) is 114 Å². The van der Waals surface area contributed by atoms with Crippen LogP contribution in [0.4, 0.5) is 0 Å². The third-order valence-corrected chi connectivity index (χ3v) is 5.71. The fourth-order valence-electron chi connectivity index (χ4n) is 4.09. The Morgan fingerprint density at radius 2 is 1.66 bits per heavy atom. The number of amides is 1. The molecule has 3 aromatic carbocycles. The maximum Gasteiger partial charge on any atom is 1.00 e. The number of rotatable bonds is 10. The first-order valence-corrected chi connectivity index (χ1v) is 11.9. The first kappa shape index (κ1) is 29.7. The van der Waals surface area contributed by atoms with E-state index in [-0.39, 0.29) is 70.4 Å². The van der Waals surface area contributed by atoms with Crippen molar-refractivity contribution in [3.8, 4) is 22.6 Å². The molecule has 192 valence electrons. The Bertz CT molecular complexity index is 1480. The Labute approximate surface area is 262 Å². The van der Waals surface area contributed by atoms with Gasteiger partial charge in [0.1, 0.15) is 18.1 Å². The molecule has 0 spiro atoms. The summed E-state index contributed by atoms with van der Waals surface area (Å²) in [6.07, 6.45) is 0. The van der Waals surface area contributed by atoms with Crippen LogP contribution in [0.3, 0.4) is 0 Å². The summed E-state index contributed by atoms with van der Waals surface area (Å²) in [5.41, 5.74) is 5.35. The molecule has 0 fully saturated rings. The monoisotopic (exact) mass is 541 g/mol. The Hall–Kier alpha value is -2.89. The van der Waals surface area contributed by atoms with Crippen molar-refractivity contribution >= 4 is 5.91 Å². The number of carbonyl (C=O) groups excluding carboxylic acids is 1. The van der Waals surface area contributed by atoms with Gasteiger partial charge >= 0.3 is 57.1 Å². The van der Waals surface area contributed by atoms with E-state index in [1.54, 1.807) is 24.3 Å². The molecule has 1 aromatic heterocycles. The van der Waals surface area contributed by atoms with Crippen molar-refractivity contribution < 1.29 is 70.2 Å². The smallest absolute Gasteiger partial charge is 0.489 e. The average Bonchev–Trinajstić information content (AvgIpc) is 3.18. The van der Waals surface area contributed by atoms with Gasteiger partial charge in [-0.25, -0.2) is 4.79 Å². The Kier molecular flexibility index (Phi) is 10.7. The summed E-state index contributed by atoms with van der Waals surface area (Å²) in [6.45, 7) is 6.97. The third-order valence-electron chi connectivity index (χ3n) is 5.71. The van der Waals surface area contributed by atoms with Gasteiger partial charge in [-0.1, -0.05) is 30.3 Å². The van der Waals surface area contributed by atoms with Crippen LogP contribution in [-0.2, 0) is 17.9 Å². The number of nitrogens with one attached hydrogen (secondary N) is 1. The molecule has 1 N–H and O–H groups in total. The summed E-state index contributed by atoms with van der Waals surface area (Å²) in [7, 11) is 0. The number of likely N-dealkylation sites (N-methyl/N-ethyl adjacent to an activating group) is 1. The predicted molar refractivity (Wildman–Crippen MR) is 138 cm³/mol. The van der Waals surface area contributed by atoms with Gasteiger partial charge in [-0.05, 0) is 84.5 Å². The van der Waals surface area contributed by atoms with E-state index in [2.05, 4.69) is 22.4 Å². The molecule has 0 atom stereocenters. The molecular weight excluding hydrogens is 513 g/mol. The van der Waals surface area contributed by atoms with Crippen LogP contribution >= 0.6 is 0 Å². The quantitative estimate of drug-likeness (QED) is 0.285. The Balaban J connectivity index is 0.00000400. The summed E-state index contributed by atoms with van der Waals surface area (Å²) in [4.78, 5) is 37.5. The van der Waals surface area contributed by atoms with E-state index in [0.717, 1.165) is 38.1 Å². The number of carbonyl (C=O) groups is 1. The second-order valence-corrected chi connectivity index (χ2v) is 8.60. The minimum Gasteiger partial charge on any atom is -0.489 e. The molecule has 10 heteroatoms. The van der Waals surface area contributed by atoms with Crippen molar-refractivity contribution in [2.75, 3.05) is 13.2 Å². The average molecular weight is 542 g/mol. The van der Waals surface area contributed by atoms with Gasteiger partial charge in [0.05, 0.1) is 0 Å². The van der Waals surface area contributed by atoms with Crippen LogP contribution in [0.2, 0.25) is 0 Å². The van der Waals surface area contributed by atoms with Crippen LogP contribution in [0.5, 0.6) is 11.5 Å². The normalized spacial score (nSPS) is 10.5. The van der Waals surface area contributed by atoms with E-state index in [1.165, 1.54) is 0 Å². The third kappa shape index (κ3) is 7.81. The van der Waals surface area contributed by atoms with Gasteiger partial charge < -0.3 is 24.3 Å². The minimum absolute atomic E-state index is 0. The zero-order valence-corrected chi connectivity index (χ0v) is 25.1. The number of nitrogens with zero attached hydrogens (tertiary/aromatic N) is 2. The summed E-state index contributed by atoms with van der Waals surface area (Å²) in [6, 6.07) is 19.2. The molecular formula is C28H28KN3O6. The first-order chi connectivity index (χ1) is 17.8. The zero-order valence-electron chi connectivity index (χ0n) is 21.9. The van der Waals surface area contributed by atoms with E-state index < -0.39 is 11.4 Å². The molecule has 0 unspecified atom stereocenters. The molecule has 4 aromatic rings.